The average molecular weight is 729 g/mol. The van der Waals surface area contributed by atoms with E-state index in [4.69, 9.17) is 37.6 Å². The number of carbonyl (C=O) groups is 3. The zero-order chi connectivity index (χ0) is 26.2. The van der Waals surface area contributed by atoms with Gasteiger partial charge in [0.15, 0.2) is 0 Å². The molecule has 0 spiro atoms. The van der Waals surface area contributed by atoms with Crippen LogP contribution in [0.2, 0.25) is 0 Å². The van der Waals surface area contributed by atoms with E-state index in [9.17, 15) is 14.4 Å². The van der Waals surface area contributed by atoms with Gasteiger partial charge < -0.3 is 4.84 Å². The molecule has 0 saturated carbocycles. The van der Waals surface area contributed by atoms with Gasteiger partial charge in [-0.2, -0.15) is 0 Å². The summed E-state index contributed by atoms with van der Waals surface area (Å²) in [5.41, 5.74) is -0.468. The maximum absolute atomic E-state index is 11.8. The first kappa shape index (κ1) is 33.0. The van der Waals surface area contributed by atoms with E-state index in [-0.39, 0.29) is 19.3 Å². The fourth-order valence-electron chi connectivity index (χ4n) is 3.08. The second-order valence-corrected chi connectivity index (χ2v) is 13.3. The van der Waals surface area contributed by atoms with Crippen molar-refractivity contribution in [2.45, 2.75) is 90.6 Å². The summed E-state index contributed by atoms with van der Waals surface area (Å²) < 4.78 is 28.1. The van der Waals surface area contributed by atoms with Crippen LogP contribution in [0.5, 0.6) is 0 Å². The number of rotatable bonds is 20. The van der Waals surface area contributed by atoms with Gasteiger partial charge in [0.2, 0.25) is 0 Å². The first-order valence-corrected chi connectivity index (χ1v) is 16.5. The molecule has 0 aromatic rings. The number of imide groups is 1. The van der Waals surface area contributed by atoms with Crippen LogP contribution in [-0.4, -0.2) is 87.7 Å². The Balaban J connectivity index is 2.11. The van der Waals surface area contributed by atoms with Crippen LogP contribution in [0.15, 0.2) is 0 Å². The van der Waals surface area contributed by atoms with Gasteiger partial charge in [-0.3, -0.25) is 9.59 Å². The van der Waals surface area contributed by atoms with Gasteiger partial charge in [-0.05, 0) is 6.42 Å². The molecule has 0 bridgehead atoms. The zero-order valence-corrected chi connectivity index (χ0v) is 27.4. The molecular formula is C22H39NO9PSTl. The number of hydrogen-bond donors (Lipinski definition) is 0. The second-order valence-electron chi connectivity index (χ2n) is 9.07. The molecule has 2 amide bonds. The van der Waals surface area contributed by atoms with E-state index in [0.29, 0.717) is 70.7 Å². The molecular weight excluding hydrogens is 690 g/mol. The molecule has 0 aromatic carbocycles. The first-order valence-electron chi connectivity index (χ1n) is 12.1. The number of nitrogens with zero attached hydrogens (tertiary/aromatic N) is 1. The van der Waals surface area contributed by atoms with Crippen molar-refractivity contribution in [2.24, 2.45) is 0 Å². The molecule has 0 N–H and O–H groups in total. The van der Waals surface area contributed by atoms with Crippen molar-refractivity contribution in [2.75, 3.05) is 33.0 Å². The zero-order valence-electron chi connectivity index (χ0n) is 21.2. The summed E-state index contributed by atoms with van der Waals surface area (Å²) in [5.74, 6) is -1.44. The number of carbonyl (C=O) groups excluding carboxylic acids is 3. The van der Waals surface area contributed by atoms with Gasteiger partial charge in [-0.15, -0.1) is 5.06 Å². The molecule has 10 nitrogen and oxygen atoms in total. The second kappa shape index (κ2) is 18.3. The van der Waals surface area contributed by atoms with Gasteiger partial charge in [0, 0.05) is 19.3 Å². The first-order chi connectivity index (χ1) is 16.6. The van der Waals surface area contributed by atoms with E-state index < -0.39 is 30.1 Å². The SMILES string of the molecule is CC(C)(C)OP(=S)(OCCCCCCCCCC(=O)ON1C(=O)CCC1=O)OCCOCC[O][Tl]. The van der Waals surface area contributed by atoms with E-state index in [1.807, 2.05) is 20.8 Å². The molecule has 1 aliphatic rings. The van der Waals surface area contributed by atoms with Crippen molar-refractivity contribution in [1.82, 2.24) is 5.06 Å². The molecule has 1 atom stereocenters. The summed E-state index contributed by atoms with van der Waals surface area (Å²) >= 11 is 6.08. The van der Waals surface area contributed by atoms with Crippen LogP contribution in [-0.2, 0) is 52.0 Å². The molecule has 1 saturated heterocycles. The Morgan fingerprint density at radius 3 is 2.03 bits per heavy atom. The van der Waals surface area contributed by atoms with E-state index >= 15 is 0 Å². The van der Waals surface area contributed by atoms with Crippen molar-refractivity contribution in [3.05, 3.63) is 0 Å². The van der Waals surface area contributed by atoms with E-state index in [2.05, 4.69) is 0 Å². The normalized spacial score (nSPS) is 16.0. The van der Waals surface area contributed by atoms with Crippen LogP contribution in [0.25, 0.3) is 0 Å². The predicted octanol–water partition coefficient (Wildman–Crippen LogP) is 3.90. The Hall–Kier alpha value is -0.0179. The van der Waals surface area contributed by atoms with Crippen molar-refractivity contribution >= 4 is 62.5 Å². The number of hydroxylamine groups is 2. The Morgan fingerprint density at radius 1 is 0.886 bits per heavy atom. The Labute approximate surface area is 230 Å². The van der Waals surface area contributed by atoms with Gasteiger partial charge in [0.25, 0.3) is 11.8 Å². The molecule has 0 aromatic heterocycles. The maximum atomic E-state index is 11.8. The van der Waals surface area contributed by atoms with Crippen molar-refractivity contribution in [3.8, 4) is 0 Å². The summed E-state index contributed by atoms with van der Waals surface area (Å²) in [6.07, 6.45) is 6.90. The van der Waals surface area contributed by atoms with Gasteiger partial charge in [-0.25, -0.2) is 4.79 Å². The van der Waals surface area contributed by atoms with Gasteiger partial charge in [-0.1, -0.05) is 25.7 Å². The van der Waals surface area contributed by atoms with Crippen molar-refractivity contribution in [1.29, 1.82) is 0 Å². The summed E-state index contributed by atoms with van der Waals surface area (Å²) in [4.78, 5) is 39.5. The quantitative estimate of drug-likeness (QED) is 0.0793. The topological polar surface area (TPSA) is 110 Å². The van der Waals surface area contributed by atoms with Crippen molar-refractivity contribution < 1.29 is 40.2 Å². The molecule has 1 unspecified atom stereocenters. The summed E-state index contributed by atoms with van der Waals surface area (Å²) in [7, 11) is 0. The minimum atomic E-state index is -2.85. The Kier molecular flexibility index (Phi) is 17.2. The van der Waals surface area contributed by atoms with Gasteiger partial charge >= 0.3 is 144 Å². The van der Waals surface area contributed by atoms with Crippen molar-refractivity contribution in [3.63, 3.8) is 0 Å². The van der Waals surface area contributed by atoms with E-state index in [1.54, 1.807) is 0 Å². The molecule has 35 heavy (non-hydrogen) atoms. The Bertz CT molecular complexity index is 689. The summed E-state index contributed by atoms with van der Waals surface area (Å²) in [6.45, 7) is 5.25. The number of amides is 2. The molecule has 1 rings (SSSR count). The average Bonchev–Trinajstić information content (AvgIpc) is 3.08. The van der Waals surface area contributed by atoms with E-state index in [0.717, 1.165) is 38.5 Å². The monoisotopic (exact) mass is 729 g/mol. The van der Waals surface area contributed by atoms with Crippen LogP contribution in [0, 0.1) is 0 Å². The van der Waals surface area contributed by atoms with Crippen LogP contribution in [0.3, 0.4) is 0 Å². The standard InChI is InChI=1S/C22H39NO9PS.Tl/c1-22(2,3)32-33(34,30-18-17-28-16-14-24)29-15-10-8-6-4-5-7-9-11-21(27)31-23-19(25)12-13-20(23)26;/h4-18H2,1-3H3;/q-1;+1. The van der Waals surface area contributed by atoms with Crippen LogP contribution in [0.4, 0.5) is 0 Å². The third-order valence-corrected chi connectivity index (χ3v) is 8.22. The van der Waals surface area contributed by atoms with Gasteiger partial charge in [0.1, 0.15) is 0 Å². The molecule has 0 aliphatic carbocycles. The Morgan fingerprint density at radius 2 is 1.43 bits per heavy atom. The number of hydrogen-bond acceptors (Lipinski definition) is 10. The fraction of sp³-hybridized carbons (Fsp3) is 0.864. The number of unbranched alkanes of at least 4 members (excludes halogenated alkanes) is 6. The summed E-state index contributed by atoms with van der Waals surface area (Å²) in [6, 6.07) is 0. The number of ether oxygens (including phenoxy) is 1. The predicted molar refractivity (Wildman–Crippen MR) is 134 cm³/mol. The third kappa shape index (κ3) is 16.4. The molecule has 13 heteroatoms. The molecule has 1 aliphatic heterocycles. The van der Waals surface area contributed by atoms with E-state index in [1.165, 1.54) is 0 Å². The fourth-order valence-corrected chi connectivity index (χ4v) is 6.07. The third-order valence-electron chi connectivity index (χ3n) is 4.68. The molecule has 1 heterocycles. The molecule has 0 radical (unpaired) electrons. The summed E-state index contributed by atoms with van der Waals surface area (Å²) in [5, 5.41) is 0.597. The molecule has 200 valence electrons. The van der Waals surface area contributed by atoms with Crippen LogP contribution in [0.1, 0.15) is 85.0 Å². The van der Waals surface area contributed by atoms with Crippen LogP contribution >= 0.6 is 6.72 Å². The minimum absolute atomic E-state index is 0.106. The van der Waals surface area contributed by atoms with Crippen LogP contribution < -0.4 is 0 Å². The van der Waals surface area contributed by atoms with Gasteiger partial charge in [0.05, 0.1) is 0 Å². The molecule has 1 fully saturated rings.